The third kappa shape index (κ3) is 4.64. The molecule has 0 atom stereocenters. The van der Waals surface area contributed by atoms with E-state index in [0.29, 0.717) is 23.5 Å². The molecule has 2 aromatic heterocycles. The minimum absolute atomic E-state index is 0.0913. The molecule has 0 aromatic carbocycles. The maximum atomic E-state index is 12.5. The van der Waals surface area contributed by atoms with Crippen molar-refractivity contribution in [3.05, 3.63) is 30.6 Å². The number of hydrogen-bond donors (Lipinski definition) is 0. The van der Waals surface area contributed by atoms with Gasteiger partial charge in [-0.1, -0.05) is 19.3 Å². The summed E-state index contributed by atoms with van der Waals surface area (Å²) in [4.78, 5) is 14.6. The van der Waals surface area contributed by atoms with Gasteiger partial charge in [0.25, 0.3) is 0 Å². The topological polar surface area (TPSA) is 73.1 Å². The summed E-state index contributed by atoms with van der Waals surface area (Å²) in [6, 6.07) is 5.51. The minimum Gasteiger partial charge on any atom is -0.473 e. The molecule has 27 heavy (non-hydrogen) atoms. The van der Waals surface area contributed by atoms with Crippen LogP contribution in [-0.2, 0) is 4.79 Å². The molecule has 0 radical (unpaired) electrons. The van der Waals surface area contributed by atoms with E-state index < -0.39 is 0 Å². The molecule has 0 bridgehead atoms. The Balaban J connectivity index is 1.24. The summed E-state index contributed by atoms with van der Waals surface area (Å²) >= 11 is 0. The zero-order chi connectivity index (χ0) is 18.5. The highest BCUT2D eigenvalue weighted by atomic mass is 16.5. The summed E-state index contributed by atoms with van der Waals surface area (Å²) in [5, 5.41) is 12.4. The molecule has 2 fully saturated rings. The number of likely N-dealkylation sites (tertiary alicyclic amines) is 1. The van der Waals surface area contributed by atoms with Crippen molar-refractivity contribution >= 4 is 5.91 Å². The largest absolute Gasteiger partial charge is 0.473 e. The lowest BCUT2D eigenvalue weighted by Crippen LogP contribution is -2.42. The van der Waals surface area contributed by atoms with Gasteiger partial charge in [0.15, 0.2) is 5.82 Å². The maximum absolute atomic E-state index is 12.5. The lowest BCUT2D eigenvalue weighted by Gasteiger charge is -2.33. The molecule has 7 heteroatoms. The molecule has 1 saturated heterocycles. The van der Waals surface area contributed by atoms with E-state index in [0.717, 1.165) is 32.4 Å². The monoisotopic (exact) mass is 369 g/mol. The van der Waals surface area contributed by atoms with Gasteiger partial charge in [0.2, 0.25) is 11.8 Å². The molecule has 7 nitrogen and oxygen atoms in total. The third-order valence-corrected chi connectivity index (χ3v) is 5.64. The van der Waals surface area contributed by atoms with Crippen LogP contribution in [0.3, 0.4) is 0 Å². The van der Waals surface area contributed by atoms with Crippen LogP contribution >= 0.6 is 0 Å². The third-order valence-electron chi connectivity index (χ3n) is 5.64. The number of hydrogen-bond acceptors (Lipinski definition) is 5. The van der Waals surface area contributed by atoms with Crippen LogP contribution in [0.2, 0.25) is 0 Å². The first-order chi connectivity index (χ1) is 13.3. The second-order valence-electron chi connectivity index (χ2n) is 7.59. The van der Waals surface area contributed by atoms with Crippen LogP contribution in [0, 0.1) is 5.92 Å². The highest BCUT2D eigenvalue weighted by Crippen LogP contribution is 2.27. The molecular weight excluding hydrogens is 342 g/mol. The van der Waals surface area contributed by atoms with Crippen molar-refractivity contribution in [2.75, 3.05) is 13.1 Å². The molecule has 0 spiro atoms. The number of nitrogens with zero attached hydrogens (tertiary/aromatic N) is 5. The summed E-state index contributed by atoms with van der Waals surface area (Å²) in [6.45, 7) is 1.55. The van der Waals surface area contributed by atoms with Crippen LogP contribution in [0.5, 0.6) is 5.88 Å². The molecule has 1 aliphatic carbocycles. The molecule has 4 rings (SSSR count). The zero-order valence-electron chi connectivity index (χ0n) is 15.7. The van der Waals surface area contributed by atoms with Gasteiger partial charge in [-0.15, -0.1) is 10.2 Å². The van der Waals surface area contributed by atoms with E-state index in [-0.39, 0.29) is 6.10 Å². The van der Waals surface area contributed by atoms with Crippen molar-refractivity contribution in [1.29, 1.82) is 0 Å². The summed E-state index contributed by atoms with van der Waals surface area (Å²) in [5.74, 6) is 2.11. The standard InChI is InChI=1S/C20H27N5O2/c26-20(15-16-5-2-1-3-6-16)24-13-9-17(10-14-24)27-19-8-7-18(22-23-19)25-12-4-11-21-25/h4,7-8,11-12,16-17H,1-3,5-6,9-10,13-15H2. The molecule has 3 heterocycles. The summed E-state index contributed by atoms with van der Waals surface area (Å²) in [7, 11) is 0. The van der Waals surface area contributed by atoms with Crippen LogP contribution in [0.15, 0.2) is 30.6 Å². The van der Waals surface area contributed by atoms with Crippen molar-refractivity contribution in [3.63, 3.8) is 0 Å². The van der Waals surface area contributed by atoms with E-state index in [2.05, 4.69) is 15.3 Å². The first-order valence-electron chi connectivity index (χ1n) is 10.1. The SMILES string of the molecule is O=C(CC1CCCCC1)N1CCC(Oc2ccc(-n3cccn3)nn2)CC1. The average molecular weight is 369 g/mol. The van der Waals surface area contributed by atoms with E-state index in [9.17, 15) is 4.79 Å². The fourth-order valence-electron chi connectivity index (χ4n) is 4.06. The number of ether oxygens (including phenoxy) is 1. The molecule has 2 aliphatic rings. The lowest BCUT2D eigenvalue weighted by atomic mass is 9.86. The van der Waals surface area contributed by atoms with Crippen molar-refractivity contribution in [2.45, 2.75) is 57.5 Å². The molecular formula is C20H27N5O2. The van der Waals surface area contributed by atoms with Crippen LogP contribution in [0.25, 0.3) is 5.82 Å². The number of carbonyl (C=O) groups is 1. The normalized spacial score (nSPS) is 19.2. The van der Waals surface area contributed by atoms with E-state index in [1.165, 1.54) is 32.1 Å². The van der Waals surface area contributed by atoms with Crippen molar-refractivity contribution in [1.82, 2.24) is 24.9 Å². The highest BCUT2D eigenvalue weighted by molar-refractivity contribution is 5.76. The van der Waals surface area contributed by atoms with Gasteiger partial charge in [-0.2, -0.15) is 5.10 Å². The average Bonchev–Trinajstić information content (AvgIpc) is 3.25. The second kappa shape index (κ2) is 8.50. The Bertz CT molecular complexity index is 717. The van der Waals surface area contributed by atoms with E-state index in [1.807, 2.05) is 29.3 Å². The van der Waals surface area contributed by atoms with Crippen LogP contribution in [0.1, 0.15) is 51.4 Å². The zero-order valence-corrected chi connectivity index (χ0v) is 15.7. The highest BCUT2D eigenvalue weighted by Gasteiger charge is 2.26. The quantitative estimate of drug-likeness (QED) is 0.810. The van der Waals surface area contributed by atoms with E-state index in [4.69, 9.17) is 4.74 Å². The molecule has 1 saturated carbocycles. The number of aromatic nitrogens is 4. The Morgan fingerprint density at radius 3 is 2.56 bits per heavy atom. The predicted octanol–water partition coefficient (Wildman–Crippen LogP) is 3.00. The van der Waals surface area contributed by atoms with Gasteiger partial charge in [0.05, 0.1) is 0 Å². The smallest absolute Gasteiger partial charge is 0.233 e. The number of piperidine rings is 1. The molecule has 1 aliphatic heterocycles. The molecule has 1 amide bonds. The van der Waals surface area contributed by atoms with Gasteiger partial charge in [0.1, 0.15) is 6.10 Å². The van der Waals surface area contributed by atoms with E-state index in [1.54, 1.807) is 10.9 Å². The Hall–Kier alpha value is -2.44. The van der Waals surface area contributed by atoms with Crippen molar-refractivity contribution in [3.8, 4) is 11.7 Å². The minimum atomic E-state index is 0.0913. The van der Waals surface area contributed by atoms with Crippen LogP contribution in [-0.4, -0.2) is 50.0 Å². The van der Waals surface area contributed by atoms with Gasteiger partial charge in [-0.3, -0.25) is 4.79 Å². The Labute approximate surface area is 159 Å². The van der Waals surface area contributed by atoms with Crippen LogP contribution < -0.4 is 4.74 Å². The molecule has 0 unspecified atom stereocenters. The lowest BCUT2D eigenvalue weighted by molar-refractivity contribution is -0.134. The summed E-state index contributed by atoms with van der Waals surface area (Å²) in [6.07, 6.45) is 12.4. The summed E-state index contributed by atoms with van der Waals surface area (Å²) in [5.41, 5.74) is 0. The van der Waals surface area contributed by atoms with Gasteiger partial charge in [0, 0.05) is 50.8 Å². The second-order valence-corrected chi connectivity index (χ2v) is 7.59. The number of carbonyl (C=O) groups excluding carboxylic acids is 1. The number of amides is 1. The first kappa shape index (κ1) is 17.9. The van der Waals surface area contributed by atoms with Gasteiger partial charge >= 0.3 is 0 Å². The van der Waals surface area contributed by atoms with Gasteiger partial charge < -0.3 is 9.64 Å². The molecule has 0 N–H and O–H groups in total. The van der Waals surface area contributed by atoms with Gasteiger partial charge in [-0.25, -0.2) is 4.68 Å². The summed E-state index contributed by atoms with van der Waals surface area (Å²) < 4.78 is 7.62. The fourth-order valence-corrected chi connectivity index (χ4v) is 4.06. The van der Waals surface area contributed by atoms with Crippen LogP contribution in [0.4, 0.5) is 0 Å². The van der Waals surface area contributed by atoms with Crippen molar-refractivity contribution < 1.29 is 9.53 Å². The number of rotatable bonds is 5. The predicted molar refractivity (Wildman–Crippen MR) is 101 cm³/mol. The molecule has 144 valence electrons. The Morgan fingerprint density at radius 1 is 1.07 bits per heavy atom. The Kier molecular flexibility index (Phi) is 5.65. The molecule has 2 aromatic rings. The fraction of sp³-hybridized carbons (Fsp3) is 0.600. The first-order valence-corrected chi connectivity index (χ1v) is 10.1. The van der Waals surface area contributed by atoms with Gasteiger partial charge in [-0.05, 0) is 30.9 Å². The van der Waals surface area contributed by atoms with Crippen molar-refractivity contribution in [2.24, 2.45) is 5.92 Å². The maximum Gasteiger partial charge on any atom is 0.233 e. The van der Waals surface area contributed by atoms with E-state index >= 15 is 0 Å². The Morgan fingerprint density at radius 2 is 1.89 bits per heavy atom.